The van der Waals surface area contributed by atoms with Gasteiger partial charge in [0.2, 0.25) is 35.4 Å². The van der Waals surface area contributed by atoms with Crippen LogP contribution in [-0.2, 0) is 49.5 Å². The minimum Gasteiger partial charge on any atom is -0.481 e. The Balaban J connectivity index is 1.76. The van der Waals surface area contributed by atoms with Crippen molar-refractivity contribution in [2.75, 3.05) is 39.0 Å². The van der Waals surface area contributed by atoms with E-state index in [-0.39, 0.29) is 73.8 Å². The number of amides is 8. The molecule has 0 spiro atoms. The summed E-state index contributed by atoms with van der Waals surface area (Å²) in [4.78, 5) is 139. The number of unbranched alkanes of at least 4 members (excludes halogenated alkanes) is 1. The zero-order chi connectivity index (χ0) is 60.9. The highest BCUT2D eigenvalue weighted by Gasteiger charge is 2.44. The normalized spacial score (nSPS) is 17.7. The van der Waals surface area contributed by atoms with E-state index in [1.54, 1.807) is 57.0 Å². The highest BCUT2D eigenvalue weighted by molar-refractivity contribution is 7.09. The van der Waals surface area contributed by atoms with Gasteiger partial charge in [0, 0.05) is 75.9 Å². The molecule has 8 N–H and O–H groups in total. The van der Waals surface area contributed by atoms with Gasteiger partial charge in [-0.3, -0.25) is 48.1 Å². The van der Waals surface area contributed by atoms with E-state index >= 15 is 0 Å². The lowest BCUT2D eigenvalue weighted by molar-refractivity contribution is -0.143. The largest absolute Gasteiger partial charge is 0.481 e. The molecule has 0 bridgehead atoms. The van der Waals surface area contributed by atoms with Crippen LogP contribution in [0.2, 0.25) is 0 Å². The van der Waals surface area contributed by atoms with Crippen LogP contribution in [0.4, 0.5) is 10.5 Å². The van der Waals surface area contributed by atoms with E-state index in [0.717, 1.165) is 30.7 Å². The molecular weight excluding hydrogens is 1060 g/mol. The number of carbonyl (C=O) groups is 10. The fourth-order valence-electron chi connectivity index (χ4n) is 9.91. The number of hydrogen-bond donors (Lipinski definition) is 8. The molecule has 10 atom stereocenters. The molecule has 2 aromatic rings. The van der Waals surface area contributed by atoms with E-state index in [9.17, 15) is 53.1 Å². The van der Waals surface area contributed by atoms with E-state index in [1.165, 1.54) is 33.1 Å². The maximum atomic E-state index is 14.5. The molecule has 23 heteroatoms. The number of thiazole rings is 1. The number of likely N-dealkylation sites (N-methyl/N-ethyl adjacent to an activating group) is 1. The molecule has 1 aromatic carbocycles. The van der Waals surface area contributed by atoms with Crippen LogP contribution in [0.15, 0.2) is 29.6 Å². The lowest BCUT2D eigenvalue weighted by Crippen LogP contribution is -2.57. The Morgan fingerprint density at radius 3 is 2.05 bits per heavy atom. The summed E-state index contributed by atoms with van der Waals surface area (Å²) in [5.74, 6) is -6.12. The first-order valence-electron chi connectivity index (χ1n) is 28.5. The van der Waals surface area contributed by atoms with Crippen LogP contribution in [0.3, 0.4) is 0 Å². The fourth-order valence-corrected chi connectivity index (χ4v) is 10.8. The summed E-state index contributed by atoms with van der Waals surface area (Å²) >= 11 is 1.11. The van der Waals surface area contributed by atoms with Gasteiger partial charge in [0.05, 0.1) is 11.5 Å². The number of hydrogen-bond acceptors (Lipinski definition) is 14. The van der Waals surface area contributed by atoms with Crippen molar-refractivity contribution in [3.8, 4) is 0 Å². The highest BCUT2D eigenvalue weighted by atomic mass is 32.1. The number of Topliss-reactive ketones (excluding diaryl/α,β-unsaturated/α-hetero) is 1. The third-order valence-corrected chi connectivity index (χ3v) is 16.3. The van der Waals surface area contributed by atoms with Gasteiger partial charge in [-0.05, 0) is 115 Å². The highest BCUT2D eigenvalue weighted by Crippen LogP contribution is 2.35. The van der Waals surface area contributed by atoms with Crippen molar-refractivity contribution >= 4 is 76.2 Å². The van der Waals surface area contributed by atoms with Crippen LogP contribution in [0.25, 0.3) is 0 Å². The summed E-state index contributed by atoms with van der Waals surface area (Å²) in [6, 6.07) is 2.52. The Kier molecular flexibility index (Phi) is 27.9. The first-order chi connectivity index (χ1) is 38.0. The number of aromatic nitrogens is 1. The number of rotatable bonds is 33. The first kappa shape index (κ1) is 68.8. The molecule has 0 aliphatic carbocycles. The molecule has 0 unspecified atom stereocenters. The average Bonchev–Trinajstić information content (AvgIpc) is 4.17. The number of nitrogens with zero attached hydrogens (tertiary/aromatic N) is 3. The van der Waals surface area contributed by atoms with E-state index in [1.807, 2.05) is 41.7 Å². The maximum absolute atomic E-state index is 14.5. The Hall–Kier alpha value is -6.49. The zero-order valence-electron chi connectivity index (χ0n) is 50.1. The number of anilines is 1. The monoisotopic (exact) mass is 1150 g/mol. The number of aliphatic carboxylic acids is 1. The van der Waals surface area contributed by atoms with Gasteiger partial charge in [0.1, 0.15) is 28.8 Å². The van der Waals surface area contributed by atoms with Gasteiger partial charge in [-0.25, -0.2) is 9.78 Å². The van der Waals surface area contributed by atoms with Crippen molar-refractivity contribution in [3.05, 3.63) is 45.9 Å². The summed E-state index contributed by atoms with van der Waals surface area (Å²) in [6.45, 7) is 22.3. The lowest BCUT2D eigenvalue weighted by Gasteiger charge is -2.38. The van der Waals surface area contributed by atoms with E-state index in [4.69, 9.17) is 4.74 Å². The van der Waals surface area contributed by atoms with Gasteiger partial charge < -0.3 is 52.0 Å². The van der Waals surface area contributed by atoms with Gasteiger partial charge in [-0.15, -0.1) is 11.3 Å². The minimum atomic E-state index is -1.06. The Labute approximate surface area is 482 Å². The summed E-state index contributed by atoms with van der Waals surface area (Å²) in [7, 11) is 3.67. The smallest absolute Gasteiger partial charge is 0.407 e. The second kappa shape index (κ2) is 32.8. The second-order valence-corrected chi connectivity index (χ2v) is 23.5. The van der Waals surface area contributed by atoms with Crippen LogP contribution in [-0.4, -0.2) is 149 Å². The first-order valence-corrected chi connectivity index (χ1v) is 29.4. The molecule has 0 saturated carbocycles. The number of alkyl carbamates (subject to hydrolysis) is 1. The molecule has 1 fully saturated rings. The van der Waals surface area contributed by atoms with Crippen molar-refractivity contribution in [1.29, 1.82) is 0 Å². The predicted octanol–water partition coefficient (Wildman–Crippen LogP) is 5.76. The number of nitrogens with one attached hydrogen (secondary N) is 7. The molecular formula is C58H92N10O12S. The molecule has 1 aliphatic heterocycles. The number of ketones is 1. The second-order valence-electron chi connectivity index (χ2n) is 22.6. The quantitative estimate of drug-likeness (QED) is 0.0395. The van der Waals surface area contributed by atoms with Gasteiger partial charge in [0.15, 0.2) is 11.9 Å². The van der Waals surface area contributed by atoms with E-state index in [0.29, 0.717) is 42.1 Å². The molecule has 1 saturated heterocycles. The predicted molar refractivity (Wildman–Crippen MR) is 310 cm³/mol. The molecule has 1 aliphatic rings. The summed E-state index contributed by atoms with van der Waals surface area (Å²) in [5, 5.41) is 30.8. The van der Waals surface area contributed by atoms with E-state index < -0.39 is 101 Å². The van der Waals surface area contributed by atoms with Crippen LogP contribution < -0.4 is 37.2 Å². The molecule has 8 amide bonds. The van der Waals surface area contributed by atoms with Crippen molar-refractivity contribution in [1.82, 2.24) is 46.7 Å². The van der Waals surface area contributed by atoms with Gasteiger partial charge in [-0.2, -0.15) is 0 Å². The van der Waals surface area contributed by atoms with Crippen molar-refractivity contribution < 1.29 is 57.8 Å². The number of carboxylic acids is 1. The van der Waals surface area contributed by atoms with Crippen LogP contribution in [0.5, 0.6) is 0 Å². The maximum Gasteiger partial charge on any atom is 0.407 e. The van der Waals surface area contributed by atoms with Gasteiger partial charge in [0.25, 0.3) is 5.91 Å². The molecule has 452 valence electrons. The van der Waals surface area contributed by atoms with Crippen molar-refractivity contribution in [2.45, 2.75) is 189 Å². The van der Waals surface area contributed by atoms with Gasteiger partial charge >= 0.3 is 12.1 Å². The standard InChI is InChI=1S/C58H92N10O12S/c1-15-35(7)43(30-48(71)58(12)25-19-27-67(58)13)55(76)68(14)46(33(3)4)31-47(80-57(79)59-16-2)54-65-45(32-81-54)52(74)64-42(28-36(8)56(77)78)29-40-21-23-41(24-22-40)63-50(72)37(9)61-53(75)49(34(5)6)66-51(73)44(62-39(11)70)20-17-18-26-60-38(10)69/h21-24,32-37,42-44,46-47,49H,15-20,25-31H2,1-14H3,(H,59,79)(H,60,69)(H,61,75)(H,62,70)(H,63,72)(H,64,74)(H,66,73)(H,77,78)/t35-,36-,37-,42+,43-,44-,46+,47+,49-,58+/m0/s1. The molecule has 22 nitrogen and oxygen atoms in total. The molecule has 81 heavy (non-hydrogen) atoms. The summed E-state index contributed by atoms with van der Waals surface area (Å²) in [5.41, 5.74) is 0.462. The number of likely N-dealkylation sites (tertiary alicyclic amines) is 1. The number of carboxylic acid groups (broad SMARTS) is 1. The number of carbonyl (C=O) groups excluding carboxylic acids is 9. The van der Waals surface area contributed by atoms with E-state index in [2.05, 4.69) is 47.1 Å². The van der Waals surface area contributed by atoms with Crippen LogP contribution >= 0.6 is 11.3 Å². The number of benzene rings is 1. The number of ether oxygens (including phenoxy) is 1. The topological polar surface area (TPSA) is 304 Å². The third-order valence-electron chi connectivity index (χ3n) is 15.4. The van der Waals surface area contributed by atoms with Crippen molar-refractivity contribution in [2.24, 2.45) is 29.6 Å². The Morgan fingerprint density at radius 2 is 1.49 bits per heavy atom. The minimum absolute atomic E-state index is 0.0147. The molecule has 2 heterocycles. The molecule has 1 aromatic heterocycles. The lowest BCUT2D eigenvalue weighted by atomic mass is 9.80. The average molecular weight is 1150 g/mol. The summed E-state index contributed by atoms with van der Waals surface area (Å²) < 4.78 is 5.96. The summed E-state index contributed by atoms with van der Waals surface area (Å²) in [6.07, 6.45) is 2.50. The van der Waals surface area contributed by atoms with Crippen LogP contribution in [0, 0.1) is 29.6 Å². The Bertz CT molecular complexity index is 2470. The zero-order valence-corrected chi connectivity index (χ0v) is 50.9. The van der Waals surface area contributed by atoms with Crippen LogP contribution in [0.1, 0.15) is 168 Å². The third kappa shape index (κ3) is 21.4. The van der Waals surface area contributed by atoms with Gasteiger partial charge in [-0.1, -0.05) is 67.0 Å². The Morgan fingerprint density at radius 1 is 0.827 bits per heavy atom. The molecule has 3 rings (SSSR count). The molecule has 0 radical (unpaired) electrons. The fraction of sp³-hybridized carbons (Fsp3) is 0.672. The van der Waals surface area contributed by atoms with Crippen molar-refractivity contribution in [3.63, 3.8) is 0 Å². The SMILES string of the molecule is CCNC(=O)O[C@H](C[C@H](C(C)C)N(C)C(=O)[C@@H](CC(=O)[C@@]1(C)CCCN1C)[C@@H](C)CC)c1nc(C(=O)N[C@@H](Cc2ccc(NC(=O)[C@H](C)NC(=O)[C@@H](NC(=O)[C@H](CCCCNC(C)=O)NC(C)=O)C(C)C)cc2)C[C@H](C)C(=O)O)cs1.